The molecule has 3 N–H and O–H groups in total. The largest absolute Gasteiger partial charge is 0.497 e. The molecule has 0 radical (unpaired) electrons. The first-order valence-corrected chi connectivity index (χ1v) is 10.1. The normalized spacial score (nSPS) is 13.4. The zero-order valence-electron chi connectivity index (χ0n) is 16.9. The molecule has 0 heterocycles. The Kier molecular flexibility index (Phi) is 7.25. The third kappa shape index (κ3) is 5.57. The fraction of sp³-hybridized carbons (Fsp3) is 0.391. The Morgan fingerprint density at radius 3 is 2.55 bits per heavy atom. The van der Waals surface area contributed by atoms with Crippen LogP contribution in [-0.4, -0.2) is 36.9 Å². The third-order valence-corrected chi connectivity index (χ3v) is 5.30. The molecular weight excluding hydrogens is 366 g/mol. The number of nitrogens with two attached hydrogens (primary N) is 1. The van der Waals surface area contributed by atoms with Gasteiger partial charge in [-0.1, -0.05) is 18.6 Å². The molecule has 0 saturated heterocycles. The Labute approximate surface area is 172 Å². The van der Waals surface area contributed by atoms with Gasteiger partial charge in [0.05, 0.1) is 7.11 Å². The molecule has 0 bridgehead atoms. The molecule has 0 aliphatic heterocycles. The van der Waals surface area contributed by atoms with E-state index < -0.39 is 0 Å². The van der Waals surface area contributed by atoms with Crippen molar-refractivity contribution in [1.82, 2.24) is 4.90 Å². The average Bonchev–Trinajstić information content (AvgIpc) is 2.69. The van der Waals surface area contributed by atoms with Crippen LogP contribution in [0.15, 0.2) is 48.5 Å². The summed E-state index contributed by atoms with van der Waals surface area (Å²) < 4.78 is 5.17. The fourth-order valence-corrected chi connectivity index (χ4v) is 3.33. The van der Waals surface area contributed by atoms with E-state index >= 15 is 0 Å². The van der Waals surface area contributed by atoms with Crippen LogP contribution < -0.4 is 15.8 Å². The summed E-state index contributed by atoms with van der Waals surface area (Å²) in [7, 11) is 1.60. The minimum atomic E-state index is -0.0509. The molecule has 2 amide bonds. The monoisotopic (exact) mass is 395 g/mol. The first-order valence-electron chi connectivity index (χ1n) is 10.1. The molecular formula is C23H29N3O3. The lowest BCUT2D eigenvalue weighted by molar-refractivity contribution is -0.122. The zero-order valence-corrected chi connectivity index (χ0v) is 16.9. The lowest BCUT2D eigenvalue weighted by Crippen LogP contribution is -2.32. The number of carbonyl (C=O) groups is 2. The van der Waals surface area contributed by atoms with Crippen LogP contribution in [0.5, 0.6) is 5.75 Å². The van der Waals surface area contributed by atoms with Gasteiger partial charge in [-0.25, -0.2) is 0 Å². The van der Waals surface area contributed by atoms with Crippen LogP contribution in [0.25, 0.3) is 0 Å². The zero-order chi connectivity index (χ0) is 20.6. The molecule has 0 atom stereocenters. The van der Waals surface area contributed by atoms with E-state index in [1.165, 1.54) is 0 Å². The van der Waals surface area contributed by atoms with E-state index in [4.69, 9.17) is 10.5 Å². The predicted molar refractivity (Wildman–Crippen MR) is 114 cm³/mol. The molecule has 1 fully saturated rings. The average molecular weight is 396 g/mol. The molecule has 6 nitrogen and oxygen atoms in total. The Balaban J connectivity index is 1.70. The topological polar surface area (TPSA) is 84.7 Å². The van der Waals surface area contributed by atoms with Crippen molar-refractivity contribution >= 4 is 17.5 Å². The molecule has 2 aromatic rings. The van der Waals surface area contributed by atoms with Gasteiger partial charge in [-0.3, -0.25) is 9.59 Å². The van der Waals surface area contributed by atoms with E-state index in [0.717, 1.165) is 36.9 Å². The summed E-state index contributed by atoms with van der Waals surface area (Å²) in [4.78, 5) is 27.0. The van der Waals surface area contributed by atoms with Gasteiger partial charge in [-0.2, -0.15) is 0 Å². The predicted octanol–water partition coefficient (Wildman–Crippen LogP) is 3.43. The quantitative estimate of drug-likeness (QED) is 0.681. The Morgan fingerprint density at radius 1 is 1.17 bits per heavy atom. The molecule has 1 aliphatic rings. The molecule has 1 aliphatic carbocycles. The van der Waals surface area contributed by atoms with Crippen molar-refractivity contribution in [3.8, 4) is 5.75 Å². The summed E-state index contributed by atoms with van der Waals surface area (Å²) in [5, 5.41) is 3.00. The molecule has 1 saturated carbocycles. The number of carbonyl (C=O) groups excluding carboxylic acids is 2. The van der Waals surface area contributed by atoms with Crippen LogP contribution in [0.2, 0.25) is 0 Å². The van der Waals surface area contributed by atoms with Gasteiger partial charge < -0.3 is 20.7 Å². The van der Waals surface area contributed by atoms with Gasteiger partial charge in [-0.15, -0.1) is 0 Å². The second kappa shape index (κ2) is 10.1. The first-order chi connectivity index (χ1) is 14.1. The smallest absolute Gasteiger partial charge is 0.254 e. The molecule has 0 aromatic heterocycles. The second-order valence-corrected chi connectivity index (χ2v) is 7.41. The standard InChI is InChI=1S/C23H29N3O3/c1-29-21-11-9-19(10-12-21)23(28)26(14-4-13-24)16-17-5-2-8-20(15-17)25-22(27)18-6-3-7-18/h2,5,8-12,15,18H,3-4,6-7,13-14,16,24H2,1H3,(H,25,27). The number of anilines is 1. The van der Waals surface area contributed by atoms with Crippen molar-refractivity contribution in [1.29, 1.82) is 0 Å². The van der Waals surface area contributed by atoms with Gasteiger partial charge in [0.1, 0.15) is 5.75 Å². The van der Waals surface area contributed by atoms with Gasteiger partial charge in [-0.05, 0) is 67.8 Å². The minimum absolute atomic E-state index is 0.0509. The van der Waals surface area contributed by atoms with Crippen LogP contribution in [0.1, 0.15) is 41.6 Å². The maximum absolute atomic E-state index is 13.0. The van der Waals surface area contributed by atoms with E-state index in [-0.39, 0.29) is 17.7 Å². The molecule has 0 spiro atoms. The van der Waals surface area contributed by atoms with Gasteiger partial charge in [0.25, 0.3) is 5.91 Å². The highest BCUT2D eigenvalue weighted by atomic mass is 16.5. The molecule has 2 aromatic carbocycles. The van der Waals surface area contributed by atoms with Crippen molar-refractivity contribution in [2.24, 2.45) is 11.7 Å². The van der Waals surface area contributed by atoms with Crippen molar-refractivity contribution < 1.29 is 14.3 Å². The molecule has 0 unspecified atom stereocenters. The van der Waals surface area contributed by atoms with Crippen LogP contribution in [0, 0.1) is 5.92 Å². The Hall–Kier alpha value is -2.86. The number of hydrogen-bond acceptors (Lipinski definition) is 4. The summed E-state index contributed by atoms with van der Waals surface area (Å²) in [6.45, 7) is 1.54. The SMILES string of the molecule is COc1ccc(C(=O)N(CCCN)Cc2cccc(NC(=O)C3CCC3)c2)cc1. The minimum Gasteiger partial charge on any atom is -0.497 e. The van der Waals surface area contributed by atoms with Gasteiger partial charge in [0, 0.05) is 30.3 Å². The van der Waals surface area contributed by atoms with Gasteiger partial charge in [0.15, 0.2) is 0 Å². The summed E-state index contributed by atoms with van der Waals surface area (Å²) in [6.07, 6.45) is 3.78. The van der Waals surface area contributed by atoms with E-state index in [2.05, 4.69) is 5.32 Å². The molecule has 154 valence electrons. The fourth-order valence-electron chi connectivity index (χ4n) is 3.33. The number of nitrogens with zero attached hydrogens (tertiary/aromatic N) is 1. The number of ether oxygens (including phenoxy) is 1. The number of hydrogen-bond donors (Lipinski definition) is 2. The van der Waals surface area contributed by atoms with E-state index in [1.807, 2.05) is 24.3 Å². The van der Waals surface area contributed by atoms with Crippen LogP contribution >= 0.6 is 0 Å². The lowest BCUT2D eigenvalue weighted by Gasteiger charge is -2.25. The first kappa shape index (κ1) is 20.9. The number of methoxy groups -OCH3 is 1. The van der Waals surface area contributed by atoms with Gasteiger partial charge in [0.2, 0.25) is 5.91 Å². The summed E-state index contributed by atoms with van der Waals surface area (Å²) >= 11 is 0. The van der Waals surface area contributed by atoms with Crippen molar-refractivity contribution in [3.05, 3.63) is 59.7 Å². The van der Waals surface area contributed by atoms with Crippen LogP contribution in [0.3, 0.4) is 0 Å². The maximum atomic E-state index is 13.0. The highest BCUT2D eigenvalue weighted by Gasteiger charge is 2.25. The number of rotatable bonds is 9. The Morgan fingerprint density at radius 2 is 1.93 bits per heavy atom. The van der Waals surface area contributed by atoms with Crippen LogP contribution in [0.4, 0.5) is 5.69 Å². The van der Waals surface area contributed by atoms with E-state index in [9.17, 15) is 9.59 Å². The second-order valence-electron chi connectivity index (χ2n) is 7.41. The number of benzene rings is 2. The highest BCUT2D eigenvalue weighted by molar-refractivity contribution is 5.94. The maximum Gasteiger partial charge on any atom is 0.254 e. The Bertz CT molecular complexity index is 832. The summed E-state index contributed by atoms with van der Waals surface area (Å²) in [5.41, 5.74) is 8.02. The third-order valence-electron chi connectivity index (χ3n) is 5.30. The van der Waals surface area contributed by atoms with E-state index in [1.54, 1.807) is 36.3 Å². The van der Waals surface area contributed by atoms with Gasteiger partial charge >= 0.3 is 0 Å². The summed E-state index contributed by atoms with van der Waals surface area (Å²) in [5.74, 6) is 0.883. The number of nitrogens with one attached hydrogen (secondary N) is 1. The molecule has 29 heavy (non-hydrogen) atoms. The van der Waals surface area contributed by atoms with Crippen molar-refractivity contribution in [2.45, 2.75) is 32.2 Å². The van der Waals surface area contributed by atoms with Crippen molar-refractivity contribution in [2.75, 3.05) is 25.5 Å². The molecule has 3 rings (SSSR count). The van der Waals surface area contributed by atoms with Crippen molar-refractivity contribution in [3.63, 3.8) is 0 Å². The van der Waals surface area contributed by atoms with E-state index in [0.29, 0.717) is 30.9 Å². The molecule has 6 heteroatoms. The number of amides is 2. The summed E-state index contributed by atoms with van der Waals surface area (Å²) in [6, 6.07) is 14.8. The van der Waals surface area contributed by atoms with Crippen LogP contribution in [-0.2, 0) is 11.3 Å². The lowest BCUT2D eigenvalue weighted by atomic mass is 9.85. The highest BCUT2D eigenvalue weighted by Crippen LogP contribution is 2.27.